The van der Waals surface area contributed by atoms with E-state index in [9.17, 15) is 44.6 Å². The number of carbonyl (C=O) groups is 2. The molecule has 8 atom stereocenters. The summed E-state index contributed by atoms with van der Waals surface area (Å²) in [5.41, 5.74) is 0. The second kappa shape index (κ2) is 41.6. The second-order valence-electron chi connectivity index (χ2n) is 18.7. The van der Waals surface area contributed by atoms with Gasteiger partial charge in [-0.1, -0.05) is 206 Å². The van der Waals surface area contributed by atoms with Crippen molar-refractivity contribution in [2.45, 2.75) is 288 Å². The molecule has 65 heavy (non-hydrogen) atoms. The maximum atomic E-state index is 12.8. The quantitative estimate of drug-likeness (QED) is 0.0145. The van der Waals surface area contributed by atoms with Crippen LogP contribution in [0, 0.1) is 0 Å². The zero-order valence-corrected chi connectivity index (χ0v) is 41.9. The standard InChI is InChI=1S/C51H97O13P/c1-3-5-7-9-11-13-15-17-19-20-21-22-23-24-26-28-30-32-34-36-38-40-45(53)63-43(42-62-65(59,60)64-51-49(57)47(55)46(54)48(56)50(51)58)41-61-44(52)39-37-35-33-31-29-27-25-18-16-14-12-10-8-6-4-2/h14,16,43,46-51,54-58H,3-13,15,17-42H2,1-2H3,(H,59,60)/b16-14+/t43-,46?,47-,48?,49?,50?,51?/m1/s1. The monoisotopic (exact) mass is 949 g/mol. The number of hydrogen-bond acceptors (Lipinski definition) is 12. The van der Waals surface area contributed by atoms with Crippen LogP contribution in [0.2, 0.25) is 0 Å². The molecule has 384 valence electrons. The highest BCUT2D eigenvalue weighted by Crippen LogP contribution is 2.47. The molecule has 0 aromatic carbocycles. The van der Waals surface area contributed by atoms with Crippen molar-refractivity contribution in [2.24, 2.45) is 0 Å². The Labute approximate surface area is 394 Å². The molecule has 0 aliphatic heterocycles. The summed E-state index contributed by atoms with van der Waals surface area (Å²) in [7, 11) is -5.12. The van der Waals surface area contributed by atoms with Crippen LogP contribution in [-0.2, 0) is 32.7 Å². The van der Waals surface area contributed by atoms with Crippen LogP contribution < -0.4 is 0 Å². The maximum Gasteiger partial charge on any atom is 0.472 e. The van der Waals surface area contributed by atoms with Gasteiger partial charge in [0.15, 0.2) is 6.10 Å². The first kappa shape index (κ1) is 61.6. The van der Waals surface area contributed by atoms with Crippen LogP contribution in [0.5, 0.6) is 0 Å². The van der Waals surface area contributed by atoms with Crippen LogP contribution in [0.1, 0.15) is 245 Å². The fourth-order valence-corrected chi connectivity index (χ4v) is 9.32. The van der Waals surface area contributed by atoms with E-state index in [0.717, 1.165) is 51.4 Å². The third kappa shape index (κ3) is 33.7. The molecule has 1 saturated carbocycles. The number of esters is 2. The molecular formula is C51H97O13P. The molecule has 0 aromatic heterocycles. The number of aliphatic hydroxyl groups excluding tert-OH is 5. The zero-order valence-electron chi connectivity index (χ0n) is 41.1. The van der Waals surface area contributed by atoms with Gasteiger partial charge < -0.3 is 39.9 Å². The molecule has 0 saturated heterocycles. The van der Waals surface area contributed by atoms with Crippen molar-refractivity contribution in [3.63, 3.8) is 0 Å². The highest BCUT2D eigenvalue weighted by molar-refractivity contribution is 7.47. The van der Waals surface area contributed by atoms with Crippen molar-refractivity contribution >= 4 is 19.8 Å². The third-order valence-electron chi connectivity index (χ3n) is 12.6. The molecule has 1 aliphatic rings. The Morgan fingerprint density at radius 2 is 0.785 bits per heavy atom. The zero-order chi connectivity index (χ0) is 47.8. The van der Waals surface area contributed by atoms with E-state index >= 15 is 0 Å². The molecule has 6 N–H and O–H groups in total. The number of phosphoric ester groups is 1. The second-order valence-corrected chi connectivity index (χ2v) is 20.1. The van der Waals surface area contributed by atoms with E-state index in [4.69, 9.17) is 18.5 Å². The molecule has 13 nitrogen and oxygen atoms in total. The molecule has 0 aromatic rings. The lowest BCUT2D eigenvalue weighted by atomic mass is 9.85. The highest BCUT2D eigenvalue weighted by Gasteiger charge is 2.51. The van der Waals surface area contributed by atoms with Crippen molar-refractivity contribution in [1.29, 1.82) is 0 Å². The number of carbonyl (C=O) groups excluding carboxylic acids is 2. The average molecular weight is 949 g/mol. The number of unbranched alkanes of at least 4 members (excludes halogenated alkanes) is 31. The van der Waals surface area contributed by atoms with Gasteiger partial charge in [0.2, 0.25) is 0 Å². The van der Waals surface area contributed by atoms with E-state index in [-0.39, 0.29) is 12.8 Å². The lowest BCUT2D eigenvalue weighted by Gasteiger charge is -2.41. The lowest BCUT2D eigenvalue weighted by Crippen LogP contribution is -2.64. The Bertz CT molecular complexity index is 1190. The summed E-state index contributed by atoms with van der Waals surface area (Å²) < 4.78 is 33.7. The molecular weight excluding hydrogens is 852 g/mol. The number of ether oxygens (including phenoxy) is 2. The minimum Gasteiger partial charge on any atom is -0.462 e. The van der Waals surface area contributed by atoms with Gasteiger partial charge in [-0.3, -0.25) is 18.6 Å². The highest BCUT2D eigenvalue weighted by atomic mass is 31.2. The van der Waals surface area contributed by atoms with E-state index < -0.39 is 75.7 Å². The fourth-order valence-electron chi connectivity index (χ4n) is 8.34. The van der Waals surface area contributed by atoms with Crippen molar-refractivity contribution < 1.29 is 63.1 Å². The van der Waals surface area contributed by atoms with E-state index in [1.165, 1.54) is 154 Å². The minimum atomic E-state index is -5.12. The molecule has 0 bridgehead atoms. The minimum absolute atomic E-state index is 0.102. The van der Waals surface area contributed by atoms with Gasteiger partial charge in [0.05, 0.1) is 6.61 Å². The Balaban J connectivity index is 2.36. The normalized spacial score (nSPS) is 21.4. The van der Waals surface area contributed by atoms with Crippen LogP contribution >= 0.6 is 7.82 Å². The van der Waals surface area contributed by atoms with Gasteiger partial charge in [0.1, 0.15) is 43.2 Å². The smallest absolute Gasteiger partial charge is 0.462 e. The predicted molar refractivity (Wildman–Crippen MR) is 258 cm³/mol. The van der Waals surface area contributed by atoms with Crippen molar-refractivity contribution in [3.05, 3.63) is 12.2 Å². The number of hydrogen-bond donors (Lipinski definition) is 6. The number of allylic oxidation sites excluding steroid dienone is 2. The number of rotatable bonds is 45. The van der Waals surface area contributed by atoms with E-state index in [1.807, 2.05) is 0 Å². The molecule has 1 rings (SSSR count). The molecule has 6 unspecified atom stereocenters. The lowest BCUT2D eigenvalue weighted by molar-refractivity contribution is -0.220. The summed E-state index contributed by atoms with van der Waals surface area (Å²) in [5.74, 6) is -1.09. The summed E-state index contributed by atoms with van der Waals surface area (Å²) in [5, 5.41) is 50.3. The summed E-state index contributed by atoms with van der Waals surface area (Å²) >= 11 is 0. The van der Waals surface area contributed by atoms with E-state index in [2.05, 4.69) is 26.0 Å². The Hall–Kier alpha value is -1.41. The number of aliphatic hydroxyl groups is 5. The molecule has 0 amide bonds. The molecule has 1 aliphatic carbocycles. The Morgan fingerprint density at radius 1 is 0.462 bits per heavy atom. The topological polar surface area (TPSA) is 210 Å². The van der Waals surface area contributed by atoms with Crippen LogP contribution in [0.15, 0.2) is 12.2 Å². The molecule has 0 heterocycles. The van der Waals surface area contributed by atoms with Gasteiger partial charge >= 0.3 is 19.8 Å². The van der Waals surface area contributed by atoms with Crippen molar-refractivity contribution in [3.8, 4) is 0 Å². The predicted octanol–water partition coefficient (Wildman–Crippen LogP) is 11.4. The van der Waals surface area contributed by atoms with Crippen molar-refractivity contribution in [1.82, 2.24) is 0 Å². The fraction of sp³-hybridized carbons (Fsp3) is 0.922. The first-order valence-corrected chi connectivity index (χ1v) is 28.0. The summed E-state index contributed by atoms with van der Waals surface area (Å²) in [6.07, 6.45) is 32.6. The first-order valence-electron chi connectivity index (χ1n) is 26.5. The molecule has 0 spiro atoms. The summed E-state index contributed by atoms with van der Waals surface area (Å²) in [6, 6.07) is 0. The maximum absolute atomic E-state index is 12.8. The number of phosphoric acid groups is 1. The van der Waals surface area contributed by atoms with Crippen LogP contribution in [0.4, 0.5) is 0 Å². The van der Waals surface area contributed by atoms with Gasteiger partial charge in [-0.2, -0.15) is 0 Å². The summed E-state index contributed by atoms with van der Waals surface area (Å²) in [4.78, 5) is 35.8. The SMILES string of the molecule is CCCCCC/C=C/CCCCCCCCCC(=O)OC[C@H](COP(=O)(O)OC1C(O)C(O)C(O)[C@@H](O)C1O)OC(=O)CCCCCCCCCCCCCCCCCCCCCCC. The van der Waals surface area contributed by atoms with Gasteiger partial charge in [0.25, 0.3) is 0 Å². The Kier molecular flexibility index (Phi) is 39.4. The Morgan fingerprint density at radius 3 is 1.18 bits per heavy atom. The largest absolute Gasteiger partial charge is 0.472 e. The average Bonchev–Trinajstić information content (AvgIpc) is 3.29. The van der Waals surface area contributed by atoms with Crippen LogP contribution in [0.3, 0.4) is 0 Å². The van der Waals surface area contributed by atoms with Gasteiger partial charge in [0, 0.05) is 12.8 Å². The molecule has 14 heteroatoms. The van der Waals surface area contributed by atoms with Gasteiger partial charge in [-0.15, -0.1) is 0 Å². The third-order valence-corrected chi connectivity index (χ3v) is 13.6. The molecule has 0 radical (unpaired) electrons. The van der Waals surface area contributed by atoms with Crippen LogP contribution in [-0.4, -0.2) is 98.3 Å². The van der Waals surface area contributed by atoms with E-state index in [1.54, 1.807) is 0 Å². The van der Waals surface area contributed by atoms with Gasteiger partial charge in [-0.25, -0.2) is 4.57 Å². The van der Waals surface area contributed by atoms with E-state index in [0.29, 0.717) is 12.8 Å². The van der Waals surface area contributed by atoms with Crippen LogP contribution in [0.25, 0.3) is 0 Å². The summed E-state index contributed by atoms with van der Waals surface area (Å²) in [6.45, 7) is 3.33. The molecule has 1 fully saturated rings. The van der Waals surface area contributed by atoms with Gasteiger partial charge in [-0.05, 0) is 38.5 Å². The first-order chi connectivity index (χ1) is 31.4. The van der Waals surface area contributed by atoms with Crippen molar-refractivity contribution in [2.75, 3.05) is 13.2 Å².